The summed E-state index contributed by atoms with van der Waals surface area (Å²) < 4.78 is 10.9. The lowest BCUT2D eigenvalue weighted by Gasteiger charge is -2.11. The molecule has 0 radical (unpaired) electrons. The number of hydrogen-bond donors (Lipinski definition) is 1. The maximum Gasteiger partial charge on any atom is 0.126 e. The average molecular weight is 334 g/mol. The van der Waals surface area contributed by atoms with Gasteiger partial charge in [-0.15, -0.1) is 0 Å². The van der Waals surface area contributed by atoms with Crippen molar-refractivity contribution < 1.29 is 9.47 Å². The summed E-state index contributed by atoms with van der Waals surface area (Å²) in [6.45, 7) is 5.58. The molecule has 1 aromatic carbocycles. The van der Waals surface area contributed by atoms with Crippen LogP contribution in [0.2, 0.25) is 0 Å². The summed E-state index contributed by atoms with van der Waals surface area (Å²) in [6.07, 6.45) is 14.7. The first-order valence-corrected chi connectivity index (χ1v) is 9.48. The van der Waals surface area contributed by atoms with Gasteiger partial charge in [0.15, 0.2) is 0 Å². The first kappa shape index (κ1) is 20.7. The van der Waals surface area contributed by atoms with Crippen molar-refractivity contribution in [3.8, 4) is 5.75 Å². The minimum Gasteiger partial charge on any atom is -0.491 e. The fraction of sp³-hybridized carbons (Fsp3) is 0.619. The molecule has 0 fully saturated rings. The molecule has 0 amide bonds. The van der Waals surface area contributed by atoms with Crippen LogP contribution in [0.5, 0.6) is 5.75 Å². The topological polar surface area (TPSA) is 44.5 Å². The second-order valence-electron chi connectivity index (χ2n) is 6.17. The van der Waals surface area contributed by atoms with E-state index < -0.39 is 0 Å². The second kappa shape index (κ2) is 14.1. The van der Waals surface area contributed by atoms with Crippen LogP contribution in [0.3, 0.4) is 0 Å². The van der Waals surface area contributed by atoms with E-state index in [0.29, 0.717) is 13.2 Å². The molecule has 0 heterocycles. The molecule has 0 bridgehead atoms. The van der Waals surface area contributed by atoms with E-state index in [9.17, 15) is 0 Å². The Morgan fingerprint density at radius 3 is 2.46 bits per heavy atom. The highest BCUT2D eigenvalue weighted by atomic mass is 16.5. The zero-order chi connectivity index (χ0) is 17.5. The molecule has 0 aliphatic rings. The lowest BCUT2D eigenvalue weighted by atomic mass is 10.0. The third-order valence-corrected chi connectivity index (χ3v) is 4.09. The van der Waals surface area contributed by atoms with Gasteiger partial charge in [-0.05, 0) is 37.5 Å². The molecule has 1 rings (SSSR count). The summed E-state index contributed by atoms with van der Waals surface area (Å²) in [5, 5.41) is 0. The van der Waals surface area contributed by atoms with Crippen molar-refractivity contribution >= 4 is 6.08 Å². The van der Waals surface area contributed by atoms with E-state index in [2.05, 4.69) is 37.3 Å². The largest absolute Gasteiger partial charge is 0.491 e. The Hall–Kier alpha value is -1.32. The zero-order valence-corrected chi connectivity index (χ0v) is 15.6. The number of hydrogen-bond acceptors (Lipinski definition) is 3. The molecule has 0 spiro atoms. The molecular weight excluding hydrogens is 298 g/mol. The molecule has 136 valence electrons. The Labute approximate surface area is 148 Å². The van der Waals surface area contributed by atoms with Gasteiger partial charge < -0.3 is 15.2 Å². The molecule has 3 heteroatoms. The Bertz CT molecular complexity index is 457. The number of ether oxygens (including phenoxy) is 2. The summed E-state index contributed by atoms with van der Waals surface area (Å²) >= 11 is 0. The van der Waals surface area contributed by atoms with Crippen LogP contribution in [0.15, 0.2) is 24.3 Å². The highest BCUT2D eigenvalue weighted by molar-refractivity contribution is 5.58. The third kappa shape index (κ3) is 9.09. The first-order chi connectivity index (χ1) is 11.8. The number of aryl methyl sites for hydroxylation is 1. The van der Waals surface area contributed by atoms with Crippen molar-refractivity contribution in [2.45, 2.75) is 65.2 Å². The number of nitrogens with two attached hydrogens (primary N) is 1. The Balaban J connectivity index is 2.41. The second-order valence-corrected chi connectivity index (χ2v) is 6.17. The SMILES string of the molecule is C/C=C/c1cc(CCCCCCCCC)ccc1OCCOCN. The van der Waals surface area contributed by atoms with Gasteiger partial charge in [-0.3, -0.25) is 0 Å². The third-order valence-electron chi connectivity index (χ3n) is 4.09. The molecule has 0 aromatic heterocycles. The number of unbranched alkanes of at least 4 members (excludes halogenated alkanes) is 6. The van der Waals surface area contributed by atoms with Crippen LogP contribution < -0.4 is 10.5 Å². The fourth-order valence-electron chi connectivity index (χ4n) is 2.77. The monoisotopic (exact) mass is 333 g/mol. The van der Waals surface area contributed by atoms with Crippen LogP contribution >= 0.6 is 0 Å². The van der Waals surface area contributed by atoms with Crippen molar-refractivity contribution in [2.24, 2.45) is 5.73 Å². The quantitative estimate of drug-likeness (QED) is 0.370. The van der Waals surface area contributed by atoms with Crippen molar-refractivity contribution in [2.75, 3.05) is 19.9 Å². The van der Waals surface area contributed by atoms with Gasteiger partial charge in [-0.1, -0.05) is 63.7 Å². The highest BCUT2D eigenvalue weighted by Gasteiger charge is 2.03. The predicted octanol–water partition coefficient (Wildman–Crippen LogP) is 5.32. The van der Waals surface area contributed by atoms with Crippen LogP contribution in [0.4, 0.5) is 0 Å². The van der Waals surface area contributed by atoms with E-state index in [1.165, 1.54) is 50.5 Å². The van der Waals surface area contributed by atoms with Crippen molar-refractivity contribution in [1.82, 2.24) is 0 Å². The lowest BCUT2D eigenvalue weighted by Crippen LogP contribution is -2.12. The minimum absolute atomic E-state index is 0.239. The molecule has 0 saturated heterocycles. The molecule has 2 N–H and O–H groups in total. The summed E-state index contributed by atoms with van der Waals surface area (Å²) in [7, 11) is 0. The highest BCUT2D eigenvalue weighted by Crippen LogP contribution is 2.23. The number of benzene rings is 1. The van der Waals surface area contributed by atoms with Crippen LogP contribution in [0.25, 0.3) is 6.08 Å². The minimum atomic E-state index is 0.239. The maximum atomic E-state index is 5.80. The first-order valence-electron chi connectivity index (χ1n) is 9.48. The Morgan fingerprint density at radius 1 is 1.00 bits per heavy atom. The van der Waals surface area contributed by atoms with Crippen molar-refractivity contribution in [1.29, 1.82) is 0 Å². The average Bonchev–Trinajstić information content (AvgIpc) is 2.59. The number of rotatable bonds is 14. The van der Waals surface area contributed by atoms with E-state index in [1.54, 1.807) is 0 Å². The van der Waals surface area contributed by atoms with Crippen LogP contribution in [-0.2, 0) is 11.2 Å². The fourth-order valence-corrected chi connectivity index (χ4v) is 2.77. The Kier molecular flexibility index (Phi) is 12.1. The molecule has 0 aliphatic carbocycles. The van der Waals surface area contributed by atoms with Gasteiger partial charge in [0.05, 0.1) is 13.3 Å². The van der Waals surface area contributed by atoms with E-state index in [-0.39, 0.29) is 6.73 Å². The van der Waals surface area contributed by atoms with Crippen LogP contribution in [-0.4, -0.2) is 19.9 Å². The van der Waals surface area contributed by atoms with Gasteiger partial charge in [0.2, 0.25) is 0 Å². The van der Waals surface area contributed by atoms with Crippen molar-refractivity contribution in [3.63, 3.8) is 0 Å². The zero-order valence-electron chi connectivity index (χ0n) is 15.6. The van der Waals surface area contributed by atoms with Crippen LogP contribution in [0, 0.1) is 0 Å². The standard InChI is InChI=1S/C21H35NO2/c1-3-5-6-7-8-9-10-12-19-13-14-21(20(17-19)11-4-2)24-16-15-23-18-22/h4,11,13-14,17H,3,5-10,12,15-16,18,22H2,1-2H3/b11-4+. The lowest BCUT2D eigenvalue weighted by molar-refractivity contribution is 0.105. The summed E-state index contributed by atoms with van der Waals surface area (Å²) in [5.74, 6) is 0.914. The Morgan fingerprint density at radius 2 is 1.75 bits per heavy atom. The van der Waals surface area contributed by atoms with Gasteiger partial charge in [-0.2, -0.15) is 0 Å². The smallest absolute Gasteiger partial charge is 0.126 e. The van der Waals surface area contributed by atoms with E-state index in [4.69, 9.17) is 15.2 Å². The van der Waals surface area contributed by atoms with Crippen molar-refractivity contribution in [3.05, 3.63) is 35.4 Å². The molecule has 0 aliphatic heterocycles. The molecule has 3 nitrogen and oxygen atoms in total. The molecule has 1 aromatic rings. The van der Waals surface area contributed by atoms with Gasteiger partial charge in [0.1, 0.15) is 12.4 Å². The summed E-state index contributed by atoms with van der Waals surface area (Å²) in [4.78, 5) is 0. The summed E-state index contributed by atoms with van der Waals surface area (Å²) in [6, 6.07) is 6.51. The van der Waals surface area contributed by atoms with E-state index >= 15 is 0 Å². The molecular formula is C21H35NO2. The van der Waals surface area contributed by atoms with Gasteiger partial charge >= 0.3 is 0 Å². The van der Waals surface area contributed by atoms with E-state index in [1.807, 2.05) is 6.92 Å². The van der Waals surface area contributed by atoms with Gasteiger partial charge in [0.25, 0.3) is 0 Å². The van der Waals surface area contributed by atoms with Gasteiger partial charge in [-0.25, -0.2) is 0 Å². The normalized spacial score (nSPS) is 11.3. The molecule has 0 unspecified atom stereocenters. The maximum absolute atomic E-state index is 5.80. The molecule has 0 saturated carbocycles. The van der Waals surface area contributed by atoms with Gasteiger partial charge in [0, 0.05) is 5.56 Å². The summed E-state index contributed by atoms with van der Waals surface area (Å²) in [5.41, 5.74) is 7.84. The predicted molar refractivity (Wildman–Crippen MR) is 103 cm³/mol. The van der Waals surface area contributed by atoms with E-state index in [0.717, 1.165) is 17.7 Å². The molecule has 0 atom stereocenters. The van der Waals surface area contributed by atoms with Crippen LogP contribution in [0.1, 0.15) is 69.9 Å². The molecule has 24 heavy (non-hydrogen) atoms. The number of allylic oxidation sites excluding steroid dienone is 1.